The molecule has 0 aromatic carbocycles. The zero-order chi connectivity index (χ0) is 10.2. The van der Waals surface area contributed by atoms with Gasteiger partial charge in [0.1, 0.15) is 12.7 Å². The van der Waals surface area contributed by atoms with Crippen molar-refractivity contribution >= 4 is 0 Å². The molecule has 2 heterocycles. The van der Waals surface area contributed by atoms with Gasteiger partial charge in [0, 0.05) is 6.54 Å². The second kappa shape index (κ2) is 3.80. The third-order valence-electron chi connectivity index (χ3n) is 4.35. The van der Waals surface area contributed by atoms with E-state index in [1.165, 1.54) is 43.8 Å². The maximum atomic E-state index is 3.69. The number of rotatable bonds is 2. The van der Waals surface area contributed by atoms with Crippen LogP contribution in [0.2, 0.25) is 0 Å². The molecule has 0 saturated carbocycles. The van der Waals surface area contributed by atoms with Crippen LogP contribution in [0.5, 0.6) is 0 Å². The predicted molar refractivity (Wildman–Crippen MR) is 59.0 cm³/mol. The molecule has 0 radical (unpaired) electrons. The Labute approximate surface area is 87.7 Å². The first-order chi connectivity index (χ1) is 6.69. The molecule has 3 nitrogen and oxygen atoms in total. The summed E-state index contributed by atoms with van der Waals surface area (Å²) in [7, 11) is 2.40. The number of nitrogens with zero attached hydrogens (tertiary/aromatic N) is 2. The molecule has 0 aromatic rings. The van der Waals surface area contributed by atoms with Crippen LogP contribution in [0.4, 0.5) is 0 Å². The lowest BCUT2D eigenvalue weighted by Gasteiger charge is -2.41. The summed E-state index contributed by atoms with van der Waals surface area (Å²) < 4.78 is 1.22. The molecule has 0 bridgehead atoms. The Morgan fingerprint density at radius 1 is 1.43 bits per heavy atom. The van der Waals surface area contributed by atoms with Crippen LogP contribution in [0, 0.1) is 0 Å². The van der Waals surface area contributed by atoms with E-state index in [-0.39, 0.29) is 0 Å². The normalized spacial score (nSPS) is 43.9. The van der Waals surface area contributed by atoms with E-state index in [9.17, 15) is 0 Å². The van der Waals surface area contributed by atoms with Crippen molar-refractivity contribution in [3.05, 3.63) is 0 Å². The Kier molecular flexibility index (Phi) is 2.82. The highest BCUT2D eigenvalue weighted by molar-refractivity contribution is 4.89. The van der Waals surface area contributed by atoms with Gasteiger partial charge >= 0.3 is 0 Å². The molecule has 2 saturated heterocycles. The zero-order valence-corrected chi connectivity index (χ0v) is 9.79. The Morgan fingerprint density at radius 3 is 2.86 bits per heavy atom. The molecule has 0 aliphatic carbocycles. The summed E-state index contributed by atoms with van der Waals surface area (Å²) in [6.07, 6.45) is 1.34. The average molecular weight is 198 g/mol. The van der Waals surface area contributed by atoms with E-state index < -0.39 is 0 Å². The van der Waals surface area contributed by atoms with Crippen LogP contribution < -0.4 is 5.32 Å². The van der Waals surface area contributed by atoms with Crippen LogP contribution in [0.1, 0.15) is 20.3 Å². The maximum absolute atomic E-state index is 3.69. The van der Waals surface area contributed by atoms with Gasteiger partial charge < -0.3 is 4.48 Å². The second-order valence-electron chi connectivity index (χ2n) is 5.01. The van der Waals surface area contributed by atoms with Crippen LogP contribution in [0.3, 0.4) is 0 Å². The van der Waals surface area contributed by atoms with Crippen molar-refractivity contribution in [3.63, 3.8) is 0 Å². The monoisotopic (exact) mass is 198 g/mol. The number of hydrogen-bond acceptors (Lipinski definition) is 2. The van der Waals surface area contributed by atoms with Gasteiger partial charge in [0.25, 0.3) is 0 Å². The second-order valence-corrected chi connectivity index (χ2v) is 5.01. The lowest BCUT2D eigenvalue weighted by Crippen LogP contribution is -2.58. The topological polar surface area (TPSA) is 15.3 Å². The first-order valence-electron chi connectivity index (χ1n) is 5.99. The van der Waals surface area contributed by atoms with E-state index in [4.69, 9.17) is 0 Å². The Balaban J connectivity index is 2.07. The largest absolute Gasteiger partial charge is 0.309 e. The van der Waals surface area contributed by atoms with Gasteiger partial charge in [-0.25, -0.2) is 0 Å². The number of quaternary nitrogens is 1. The third kappa shape index (κ3) is 1.58. The van der Waals surface area contributed by atoms with Crippen molar-refractivity contribution in [3.8, 4) is 0 Å². The van der Waals surface area contributed by atoms with E-state index in [1.807, 2.05) is 0 Å². The molecule has 82 valence electrons. The summed E-state index contributed by atoms with van der Waals surface area (Å²) in [6.45, 7) is 10.8. The van der Waals surface area contributed by atoms with Crippen molar-refractivity contribution in [2.45, 2.75) is 32.4 Å². The lowest BCUT2D eigenvalue weighted by atomic mass is 9.99. The van der Waals surface area contributed by atoms with Gasteiger partial charge in [-0.2, -0.15) is 0 Å². The fraction of sp³-hybridized carbons (Fsp3) is 1.00. The number of piperidine rings is 1. The molecule has 2 rings (SSSR count). The van der Waals surface area contributed by atoms with Crippen LogP contribution in [0.25, 0.3) is 0 Å². The maximum Gasteiger partial charge on any atom is 0.133 e. The Hall–Kier alpha value is -0.120. The van der Waals surface area contributed by atoms with Gasteiger partial charge in [0.15, 0.2) is 0 Å². The van der Waals surface area contributed by atoms with Crippen LogP contribution in [-0.4, -0.2) is 61.4 Å². The van der Waals surface area contributed by atoms with Gasteiger partial charge in [-0.1, -0.05) is 6.92 Å². The number of hydrogen-bond donors (Lipinski definition) is 1. The highest BCUT2D eigenvalue weighted by Gasteiger charge is 2.46. The summed E-state index contributed by atoms with van der Waals surface area (Å²) in [5, 5.41) is 3.69. The fourth-order valence-electron chi connectivity index (χ4n) is 2.94. The molecule has 14 heavy (non-hydrogen) atoms. The van der Waals surface area contributed by atoms with Crippen molar-refractivity contribution in [1.82, 2.24) is 10.2 Å². The number of likely N-dealkylation sites (N-methyl/N-ethyl adjacent to an activating group) is 2. The molecular weight excluding hydrogens is 174 g/mol. The predicted octanol–water partition coefficient (Wildman–Crippen LogP) is 0.476. The molecule has 3 heteroatoms. The van der Waals surface area contributed by atoms with Gasteiger partial charge in [-0.15, -0.1) is 0 Å². The Bertz CT molecular complexity index is 207. The smallest absolute Gasteiger partial charge is 0.133 e. The van der Waals surface area contributed by atoms with Gasteiger partial charge in [0.2, 0.25) is 0 Å². The minimum atomic E-state index is 0.780. The van der Waals surface area contributed by atoms with Gasteiger partial charge in [0.05, 0.1) is 26.2 Å². The molecular formula is C11H24N3+. The molecule has 2 aliphatic heterocycles. The average Bonchev–Trinajstić information content (AvgIpc) is 2.57. The zero-order valence-electron chi connectivity index (χ0n) is 9.79. The van der Waals surface area contributed by atoms with Crippen LogP contribution in [0.15, 0.2) is 0 Å². The van der Waals surface area contributed by atoms with E-state index in [0.29, 0.717) is 0 Å². The standard InChI is InChI=1S/C11H24N3/c1-4-13-7-6-10-11(8-13)14(3,5-2)9-12-10/h10-12H,4-9H2,1-3H3/q+1. The van der Waals surface area contributed by atoms with E-state index in [2.05, 4.69) is 31.1 Å². The van der Waals surface area contributed by atoms with E-state index in [0.717, 1.165) is 12.1 Å². The molecule has 2 aliphatic rings. The lowest BCUT2D eigenvalue weighted by molar-refractivity contribution is -0.920. The van der Waals surface area contributed by atoms with Crippen molar-refractivity contribution in [2.24, 2.45) is 0 Å². The summed E-state index contributed by atoms with van der Waals surface area (Å²) >= 11 is 0. The van der Waals surface area contributed by atoms with Crippen molar-refractivity contribution in [1.29, 1.82) is 0 Å². The highest BCUT2D eigenvalue weighted by atomic mass is 15.5. The summed E-state index contributed by atoms with van der Waals surface area (Å²) in [6, 6.07) is 1.61. The van der Waals surface area contributed by atoms with Crippen LogP contribution in [-0.2, 0) is 0 Å². The number of likely N-dealkylation sites (tertiary alicyclic amines) is 1. The number of fused-ring (bicyclic) bond motifs is 1. The molecule has 3 unspecified atom stereocenters. The van der Waals surface area contributed by atoms with Crippen molar-refractivity contribution < 1.29 is 4.48 Å². The minimum absolute atomic E-state index is 0.780. The molecule has 2 fully saturated rings. The SMILES string of the molecule is CCN1CCC2NC[N+](C)(CC)C2C1. The highest BCUT2D eigenvalue weighted by Crippen LogP contribution is 2.26. The van der Waals surface area contributed by atoms with Gasteiger partial charge in [-0.3, -0.25) is 10.2 Å². The minimum Gasteiger partial charge on any atom is -0.309 e. The van der Waals surface area contributed by atoms with Crippen molar-refractivity contribution in [2.75, 3.05) is 39.9 Å². The molecule has 0 spiro atoms. The summed E-state index contributed by atoms with van der Waals surface area (Å²) in [5.41, 5.74) is 0. The molecule has 1 N–H and O–H groups in total. The van der Waals surface area contributed by atoms with Crippen LogP contribution >= 0.6 is 0 Å². The summed E-state index contributed by atoms with van der Waals surface area (Å²) in [4.78, 5) is 2.60. The number of nitrogens with one attached hydrogen (secondary N) is 1. The molecule has 0 amide bonds. The van der Waals surface area contributed by atoms with Gasteiger partial charge in [-0.05, 0) is 19.9 Å². The van der Waals surface area contributed by atoms with E-state index in [1.54, 1.807) is 0 Å². The third-order valence-corrected chi connectivity index (χ3v) is 4.35. The summed E-state index contributed by atoms with van der Waals surface area (Å²) in [5.74, 6) is 0. The molecule has 0 aromatic heterocycles. The molecule has 3 atom stereocenters. The van der Waals surface area contributed by atoms with E-state index >= 15 is 0 Å². The first-order valence-corrected chi connectivity index (χ1v) is 5.99. The first kappa shape index (κ1) is 10.4. The fourth-order valence-corrected chi connectivity index (χ4v) is 2.94. The quantitative estimate of drug-likeness (QED) is 0.649. The Morgan fingerprint density at radius 2 is 2.21 bits per heavy atom.